The van der Waals surface area contributed by atoms with Crippen molar-refractivity contribution in [3.8, 4) is 12.3 Å². The minimum absolute atomic E-state index is 0.0102. The van der Waals surface area contributed by atoms with E-state index in [4.69, 9.17) is 11.2 Å². The Hall–Kier alpha value is -2.98. The zero-order valence-corrected chi connectivity index (χ0v) is 16.3. The maximum absolute atomic E-state index is 12.7. The molecule has 1 aromatic heterocycles. The molecule has 1 aromatic carbocycles. The lowest BCUT2D eigenvalue weighted by atomic mass is 9.96. The van der Waals surface area contributed by atoms with Crippen LogP contribution in [0.4, 0.5) is 0 Å². The van der Waals surface area contributed by atoms with E-state index in [1.165, 1.54) is 5.56 Å². The van der Waals surface area contributed by atoms with Crippen LogP contribution >= 0.6 is 0 Å². The molecule has 7 nitrogen and oxygen atoms in total. The van der Waals surface area contributed by atoms with Crippen LogP contribution in [0.3, 0.4) is 0 Å². The first-order valence-electron chi connectivity index (χ1n) is 10.0. The minimum Gasteiger partial charge on any atom is -0.373 e. The Morgan fingerprint density at radius 3 is 2.90 bits per heavy atom. The predicted octanol–water partition coefficient (Wildman–Crippen LogP) is 3.09. The van der Waals surface area contributed by atoms with Crippen molar-refractivity contribution in [2.45, 2.75) is 44.0 Å². The fourth-order valence-corrected chi connectivity index (χ4v) is 3.76. The molecule has 7 heteroatoms. The van der Waals surface area contributed by atoms with Crippen LogP contribution in [0.1, 0.15) is 42.9 Å². The summed E-state index contributed by atoms with van der Waals surface area (Å²) in [4.78, 5) is 12.7. The average molecular weight is 391 g/mol. The Kier molecular flexibility index (Phi) is 5.72. The monoisotopic (exact) mass is 391 g/mol. The molecule has 0 bridgehead atoms. The van der Waals surface area contributed by atoms with E-state index in [9.17, 15) is 4.79 Å². The van der Waals surface area contributed by atoms with E-state index >= 15 is 0 Å². The second-order valence-corrected chi connectivity index (χ2v) is 7.57. The van der Waals surface area contributed by atoms with Gasteiger partial charge in [-0.3, -0.25) is 9.48 Å². The summed E-state index contributed by atoms with van der Waals surface area (Å²) in [5.41, 5.74) is 1.75. The summed E-state index contributed by atoms with van der Waals surface area (Å²) >= 11 is 0. The smallest absolute Gasteiger partial charge is 0.226 e. The number of ether oxygens (including phenoxy) is 1. The zero-order chi connectivity index (χ0) is 20.1. The summed E-state index contributed by atoms with van der Waals surface area (Å²) in [5, 5.41) is 15.7. The fraction of sp³-hybridized carbons (Fsp3) is 0.455. The van der Waals surface area contributed by atoms with Crippen LogP contribution in [0, 0.1) is 18.3 Å². The van der Waals surface area contributed by atoms with E-state index in [1.807, 2.05) is 29.1 Å². The SMILES string of the molecule is C#CCCC1(CCNC(=O)[C@@H]2CCO[C@H]2c2cnn(Cc3ccccc3)c2)N=N1. The van der Waals surface area contributed by atoms with E-state index in [1.54, 1.807) is 6.20 Å². The highest BCUT2D eigenvalue weighted by atomic mass is 16.5. The van der Waals surface area contributed by atoms with Crippen molar-refractivity contribution in [3.63, 3.8) is 0 Å². The van der Waals surface area contributed by atoms with E-state index in [2.05, 4.69) is 38.7 Å². The highest BCUT2D eigenvalue weighted by Crippen LogP contribution is 2.37. The van der Waals surface area contributed by atoms with Gasteiger partial charge in [-0.05, 0) is 12.0 Å². The predicted molar refractivity (Wildman–Crippen MR) is 108 cm³/mol. The van der Waals surface area contributed by atoms with Crippen molar-refractivity contribution in [3.05, 3.63) is 53.9 Å². The number of benzene rings is 1. The Labute approximate surface area is 170 Å². The van der Waals surface area contributed by atoms with Crippen molar-refractivity contribution in [1.82, 2.24) is 15.1 Å². The molecule has 1 fully saturated rings. The normalized spacial score (nSPS) is 21.6. The van der Waals surface area contributed by atoms with Crippen molar-refractivity contribution < 1.29 is 9.53 Å². The number of carbonyl (C=O) groups excluding carboxylic acids is 1. The Bertz CT molecular complexity index is 909. The lowest BCUT2D eigenvalue weighted by molar-refractivity contribution is -0.126. The quantitative estimate of drug-likeness (QED) is 0.667. The molecule has 0 radical (unpaired) electrons. The number of terminal acetylenes is 1. The molecule has 0 saturated carbocycles. The van der Waals surface area contributed by atoms with Gasteiger partial charge in [0.25, 0.3) is 0 Å². The van der Waals surface area contributed by atoms with E-state index in [0.717, 1.165) is 12.0 Å². The number of hydrogen-bond acceptors (Lipinski definition) is 5. The Morgan fingerprint density at radius 1 is 1.31 bits per heavy atom. The maximum Gasteiger partial charge on any atom is 0.226 e. The van der Waals surface area contributed by atoms with Gasteiger partial charge in [-0.1, -0.05) is 30.3 Å². The molecular weight excluding hydrogens is 366 g/mol. The van der Waals surface area contributed by atoms with Gasteiger partial charge in [-0.15, -0.1) is 12.3 Å². The molecule has 150 valence electrons. The summed E-state index contributed by atoms with van der Waals surface area (Å²) in [6, 6.07) is 10.2. The average Bonchev–Trinajstić information content (AvgIpc) is 3.13. The van der Waals surface area contributed by atoms with Gasteiger partial charge in [0.1, 0.15) is 0 Å². The first kappa shape index (κ1) is 19.3. The Morgan fingerprint density at radius 2 is 2.14 bits per heavy atom. The fourth-order valence-electron chi connectivity index (χ4n) is 3.76. The molecule has 0 unspecified atom stereocenters. The highest BCUT2D eigenvalue weighted by molar-refractivity contribution is 5.79. The van der Waals surface area contributed by atoms with Gasteiger partial charge in [0.05, 0.1) is 24.8 Å². The largest absolute Gasteiger partial charge is 0.373 e. The third-order valence-corrected chi connectivity index (χ3v) is 5.47. The van der Waals surface area contributed by atoms with Gasteiger partial charge in [-0.25, -0.2) is 0 Å². The number of aromatic nitrogens is 2. The van der Waals surface area contributed by atoms with Crippen molar-refractivity contribution >= 4 is 5.91 Å². The number of amides is 1. The lowest BCUT2D eigenvalue weighted by Gasteiger charge is -2.17. The summed E-state index contributed by atoms with van der Waals surface area (Å²) in [6.07, 6.45) is 11.6. The molecule has 2 aromatic rings. The van der Waals surface area contributed by atoms with Gasteiger partial charge >= 0.3 is 0 Å². The summed E-state index contributed by atoms with van der Waals surface area (Å²) in [6.45, 7) is 1.80. The molecule has 1 amide bonds. The molecule has 1 saturated heterocycles. The number of carbonyl (C=O) groups is 1. The van der Waals surface area contributed by atoms with E-state index < -0.39 is 0 Å². The van der Waals surface area contributed by atoms with Crippen LogP contribution in [0.5, 0.6) is 0 Å². The molecule has 2 aliphatic heterocycles. The summed E-state index contributed by atoms with van der Waals surface area (Å²) < 4.78 is 7.76. The number of nitrogens with one attached hydrogen (secondary N) is 1. The topological polar surface area (TPSA) is 80.9 Å². The van der Waals surface area contributed by atoms with Crippen LogP contribution in [0.15, 0.2) is 53.0 Å². The molecule has 0 aliphatic carbocycles. The van der Waals surface area contributed by atoms with Crippen LogP contribution in [-0.4, -0.2) is 34.5 Å². The van der Waals surface area contributed by atoms with Crippen molar-refractivity contribution in [2.75, 3.05) is 13.2 Å². The van der Waals surface area contributed by atoms with Crippen LogP contribution < -0.4 is 5.32 Å². The second kappa shape index (κ2) is 8.58. The molecular formula is C22H25N5O2. The van der Waals surface area contributed by atoms with Crippen LogP contribution in [-0.2, 0) is 16.1 Å². The number of hydrogen-bond donors (Lipinski definition) is 1. The summed E-state index contributed by atoms with van der Waals surface area (Å²) in [7, 11) is 0. The van der Waals surface area contributed by atoms with Gasteiger partial charge in [0.15, 0.2) is 5.66 Å². The third-order valence-electron chi connectivity index (χ3n) is 5.47. The van der Waals surface area contributed by atoms with E-state index in [-0.39, 0.29) is 23.6 Å². The van der Waals surface area contributed by atoms with E-state index in [0.29, 0.717) is 39.0 Å². The van der Waals surface area contributed by atoms with Crippen molar-refractivity contribution in [2.24, 2.45) is 16.1 Å². The number of rotatable bonds is 9. The van der Waals surface area contributed by atoms with Crippen LogP contribution in [0.25, 0.3) is 0 Å². The maximum atomic E-state index is 12.7. The number of nitrogens with zero attached hydrogens (tertiary/aromatic N) is 4. The first-order valence-corrected chi connectivity index (χ1v) is 10.0. The van der Waals surface area contributed by atoms with Crippen LogP contribution in [0.2, 0.25) is 0 Å². The van der Waals surface area contributed by atoms with Gasteiger partial charge in [-0.2, -0.15) is 15.3 Å². The molecule has 2 aliphatic rings. The molecule has 29 heavy (non-hydrogen) atoms. The molecule has 4 rings (SSSR count). The Balaban J connectivity index is 1.31. The highest BCUT2D eigenvalue weighted by Gasteiger charge is 2.40. The second-order valence-electron chi connectivity index (χ2n) is 7.57. The van der Waals surface area contributed by atoms with Crippen molar-refractivity contribution in [1.29, 1.82) is 0 Å². The molecule has 0 spiro atoms. The van der Waals surface area contributed by atoms with Gasteiger partial charge in [0, 0.05) is 44.2 Å². The van der Waals surface area contributed by atoms with Gasteiger partial charge < -0.3 is 10.1 Å². The summed E-state index contributed by atoms with van der Waals surface area (Å²) in [5.74, 6) is 2.42. The van der Waals surface area contributed by atoms with Gasteiger partial charge in [0.2, 0.25) is 5.91 Å². The standard InChI is InChI=1S/C22H25N5O2/c1-2-3-10-22(25-26-22)11-12-23-21(28)19-9-13-29-20(19)18-14-24-27(16-18)15-17-7-5-4-6-8-17/h1,4-8,14,16,19-20H,3,9-13,15H2,(H,23,28)/t19-,20+/m1/s1. The molecule has 1 N–H and O–H groups in total. The first-order chi connectivity index (χ1) is 14.2. The minimum atomic E-state index is -0.371. The third kappa shape index (κ3) is 4.72. The molecule has 3 heterocycles. The lowest BCUT2D eigenvalue weighted by Crippen LogP contribution is -2.34. The zero-order valence-electron chi connectivity index (χ0n) is 16.3. The molecule has 2 atom stereocenters.